The van der Waals surface area contributed by atoms with Crippen LogP contribution in [0, 0.1) is 0 Å². The maximum absolute atomic E-state index is 12.0. The van der Waals surface area contributed by atoms with E-state index in [4.69, 9.17) is 4.74 Å². The Labute approximate surface area is 151 Å². The van der Waals surface area contributed by atoms with E-state index in [1.807, 2.05) is 44.2 Å². The number of esters is 1. The fourth-order valence-electron chi connectivity index (χ4n) is 2.77. The van der Waals surface area contributed by atoms with Gasteiger partial charge in [0, 0.05) is 29.3 Å². The Morgan fingerprint density at radius 3 is 2.42 bits per heavy atom. The molecule has 0 unspecified atom stereocenters. The maximum atomic E-state index is 12.0. The monoisotopic (exact) mass is 351 g/mol. The number of benzene rings is 1. The van der Waals surface area contributed by atoms with Gasteiger partial charge in [-0.3, -0.25) is 4.79 Å². The van der Waals surface area contributed by atoms with Crippen LogP contribution < -0.4 is 0 Å². The molecule has 1 aromatic carbocycles. The molecule has 0 radical (unpaired) electrons. The van der Waals surface area contributed by atoms with Gasteiger partial charge in [-0.2, -0.15) is 5.10 Å². The van der Waals surface area contributed by atoms with E-state index in [2.05, 4.69) is 10.1 Å². The summed E-state index contributed by atoms with van der Waals surface area (Å²) in [7, 11) is 0. The molecule has 0 fully saturated rings. The van der Waals surface area contributed by atoms with Crippen molar-refractivity contribution in [1.29, 1.82) is 0 Å². The van der Waals surface area contributed by atoms with E-state index in [0.717, 1.165) is 17.0 Å². The fraction of sp³-hybridized carbons (Fsp3) is 0.300. The number of ketones is 1. The third-order valence-electron chi connectivity index (χ3n) is 4.17. The minimum atomic E-state index is -0.435. The minimum Gasteiger partial charge on any atom is -0.461 e. The lowest BCUT2D eigenvalue weighted by atomic mass is 10.1. The van der Waals surface area contributed by atoms with Crippen molar-refractivity contribution in [2.24, 2.45) is 0 Å². The lowest BCUT2D eigenvalue weighted by molar-refractivity contribution is 0.0519. The molecule has 0 amide bonds. The number of carbonyl (C=O) groups is 2. The summed E-state index contributed by atoms with van der Waals surface area (Å²) in [6.45, 7) is 5.91. The molecule has 0 bridgehead atoms. The average molecular weight is 351 g/mol. The Kier molecular flexibility index (Phi) is 5.11. The van der Waals surface area contributed by atoms with Gasteiger partial charge >= 0.3 is 5.97 Å². The van der Waals surface area contributed by atoms with Gasteiger partial charge in [0.2, 0.25) is 0 Å². The molecule has 3 rings (SSSR count). The lowest BCUT2D eigenvalue weighted by Gasteiger charge is -2.05. The van der Waals surface area contributed by atoms with Crippen LogP contribution in [0.15, 0.2) is 36.4 Å². The molecule has 0 aliphatic rings. The third kappa shape index (κ3) is 3.35. The van der Waals surface area contributed by atoms with E-state index < -0.39 is 5.97 Å². The van der Waals surface area contributed by atoms with Gasteiger partial charge in [-0.1, -0.05) is 38.1 Å². The molecule has 6 heteroatoms. The predicted molar refractivity (Wildman–Crippen MR) is 98.4 cm³/mol. The molecule has 0 spiro atoms. The molecule has 0 saturated heterocycles. The van der Waals surface area contributed by atoms with Crippen molar-refractivity contribution in [2.75, 3.05) is 6.61 Å². The summed E-state index contributed by atoms with van der Waals surface area (Å²) in [5, 5.41) is 4.61. The number of aromatic nitrogens is 3. The van der Waals surface area contributed by atoms with Crippen molar-refractivity contribution in [3.05, 3.63) is 53.3 Å². The van der Waals surface area contributed by atoms with Crippen LogP contribution in [0.3, 0.4) is 0 Å². The van der Waals surface area contributed by atoms with Gasteiger partial charge in [0.05, 0.1) is 12.3 Å². The molecular formula is C20H21N3O3. The van der Waals surface area contributed by atoms with Gasteiger partial charge in [-0.05, 0) is 19.4 Å². The molecule has 134 valence electrons. The first-order valence-corrected chi connectivity index (χ1v) is 8.77. The zero-order chi connectivity index (χ0) is 18.7. The van der Waals surface area contributed by atoms with Gasteiger partial charge < -0.3 is 4.74 Å². The average Bonchev–Trinajstić information content (AvgIpc) is 3.11. The number of fused-ring (bicyclic) bond motifs is 1. The largest absolute Gasteiger partial charge is 0.461 e. The van der Waals surface area contributed by atoms with Gasteiger partial charge in [-0.15, -0.1) is 0 Å². The number of hydrogen-bond acceptors (Lipinski definition) is 5. The molecule has 0 N–H and O–H groups in total. The standard InChI is InChI=1S/C20H21N3O3/c1-4-15-11-17(20(25)26-6-3)21-19-12-16(22-23(15)19)13-7-9-14(10-8-13)18(24)5-2/h7-12H,4-6H2,1-3H3. The first-order chi connectivity index (χ1) is 12.6. The number of rotatable bonds is 6. The van der Waals surface area contributed by atoms with Crippen molar-refractivity contribution in [1.82, 2.24) is 14.6 Å². The molecule has 26 heavy (non-hydrogen) atoms. The van der Waals surface area contributed by atoms with Crippen LogP contribution in [-0.2, 0) is 11.2 Å². The minimum absolute atomic E-state index is 0.112. The van der Waals surface area contributed by atoms with Gasteiger partial charge in [0.1, 0.15) is 0 Å². The summed E-state index contributed by atoms with van der Waals surface area (Å²) in [4.78, 5) is 28.2. The van der Waals surface area contributed by atoms with Crippen LogP contribution in [0.2, 0.25) is 0 Å². The highest BCUT2D eigenvalue weighted by molar-refractivity contribution is 5.96. The number of carbonyl (C=O) groups excluding carboxylic acids is 2. The maximum Gasteiger partial charge on any atom is 0.357 e. The topological polar surface area (TPSA) is 73.6 Å². The quantitative estimate of drug-likeness (QED) is 0.500. The van der Waals surface area contributed by atoms with Gasteiger partial charge in [-0.25, -0.2) is 14.3 Å². The Morgan fingerprint density at radius 1 is 1.08 bits per heavy atom. The molecule has 0 atom stereocenters. The molecule has 2 aromatic heterocycles. The van der Waals surface area contributed by atoms with E-state index in [0.29, 0.717) is 30.7 Å². The van der Waals surface area contributed by atoms with Crippen molar-refractivity contribution in [3.63, 3.8) is 0 Å². The number of hydrogen-bond donors (Lipinski definition) is 0. The van der Waals surface area contributed by atoms with Crippen LogP contribution in [-0.4, -0.2) is 33.0 Å². The summed E-state index contributed by atoms with van der Waals surface area (Å²) < 4.78 is 6.79. The molecule has 2 heterocycles. The second kappa shape index (κ2) is 7.47. The zero-order valence-electron chi connectivity index (χ0n) is 15.2. The van der Waals surface area contributed by atoms with Gasteiger partial charge in [0.15, 0.2) is 17.1 Å². The van der Waals surface area contributed by atoms with Crippen LogP contribution in [0.1, 0.15) is 53.7 Å². The van der Waals surface area contributed by atoms with Crippen LogP contribution >= 0.6 is 0 Å². The number of nitrogens with zero attached hydrogens (tertiary/aromatic N) is 3. The van der Waals surface area contributed by atoms with E-state index in [9.17, 15) is 9.59 Å². The third-order valence-corrected chi connectivity index (χ3v) is 4.17. The molecule has 0 aliphatic heterocycles. The smallest absolute Gasteiger partial charge is 0.357 e. The highest BCUT2D eigenvalue weighted by Crippen LogP contribution is 2.22. The lowest BCUT2D eigenvalue weighted by Crippen LogP contribution is -2.10. The summed E-state index contributed by atoms with van der Waals surface area (Å²) in [5.74, 6) is -0.324. The van der Waals surface area contributed by atoms with Crippen LogP contribution in [0.25, 0.3) is 16.9 Å². The molecule has 0 aliphatic carbocycles. The van der Waals surface area contributed by atoms with Crippen molar-refractivity contribution < 1.29 is 14.3 Å². The number of Topliss-reactive ketones (excluding diaryl/α,β-unsaturated/α-hetero) is 1. The Bertz CT molecular complexity index is 958. The summed E-state index contributed by atoms with van der Waals surface area (Å²) in [6, 6.07) is 10.9. The summed E-state index contributed by atoms with van der Waals surface area (Å²) >= 11 is 0. The van der Waals surface area contributed by atoms with Crippen LogP contribution in [0.4, 0.5) is 0 Å². The Balaban J connectivity index is 2.03. The Morgan fingerprint density at radius 2 is 1.81 bits per heavy atom. The van der Waals surface area contributed by atoms with E-state index in [1.54, 1.807) is 17.5 Å². The van der Waals surface area contributed by atoms with E-state index >= 15 is 0 Å². The second-order valence-electron chi connectivity index (χ2n) is 5.86. The SMILES string of the molecule is CCOC(=O)c1cc(CC)n2nc(-c3ccc(C(=O)CC)cc3)cc2n1. The highest BCUT2D eigenvalue weighted by atomic mass is 16.5. The van der Waals surface area contributed by atoms with Crippen LogP contribution in [0.5, 0.6) is 0 Å². The molecule has 0 saturated carbocycles. The second-order valence-corrected chi connectivity index (χ2v) is 5.86. The predicted octanol–water partition coefficient (Wildman–Crippen LogP) is 3.73. The number of ether oxygens (including phenoxy) is 1. The Hall–Kier alpha value is -3.02. The summed E-state index contributed by atoms with van der Waals surface area (Å²) in [6.07, 6.45) is 1.19. The molecular weight excluding hydrogens is 330 g/mol. The molecule has 6 nitrogen and oxygen atoms in total. The first kappa shape index (κ1) is 17.8. The summed E-state index contributed by atoms with van der Waals surface area (Å²) in [5.41, 5.74) is 4.08. The highest BCUT2D eigenvalue weighted by Gasteiger charge is 2.15. The normalized spacial score (nSPS) is 10.9. The zero-order valence-corrected chi connectivity index (χ0v) is 15.2. The number of aryl methyl sites for hydroxylation is 1. The van der Waals surface area contributed by atoms with E-state index in [-0.39, 0.29) is 11.5 Å². The first-order valence-electron chi connectivity index (χ1n) is 8.77. The fourth-order valence-corrected chi connectivity index (χ4v) is 2.77. The van der Waals surface area contributed by atoms with Crippen molar-refractivity contribution in [2.45, 2.75) is 33.6 Å². The van der Waals surface area contributed by atoms with Gasteiger partial charge in [0.25, 0.3) is 0 Å². The van der Waals surface area contributed by atoms with E-state index in [1.165, 1.54) is 0 Å². The van der Waals surface area contributed by atoms with Crippen molar-refractivity contribution in [3.8, 4) is 11.3 Å². The van der Waals surface area contributed by atoms with Crippen molar-refractivity contribution >= 4 is 17.4 Å². The molecule has 3 aromatic rings.